The Kier molecular flexibility index (Phi) is 5.70. The first-order valence-electron chi connectivity index (χ1n) is 7.56. The Morgan fingerprint density at radius 3 is 2.81 bits per heavy atom. The zero-order valence-corrected chi connectivity index (χ0v) is 13.8. The molecule has 6 heteroatoms. The molecule has 118 valence electrons. The van der Waals surface area contributed by atoms with Gasteiger partial charge in [-0.15, -0.1) is 0 Å². The fourth-order valence-corrected chi connectivity index (χ4v) is 3.19. The highest BCUT2D eigenvalue weighted by Crippen LogP contribution is 2.42. The van der Waals surface area contributed by atoms with Crippen LogP contribution < -0.4 is 5.32 Å². The number of nitrogens with one attached hydrogen (secondary N) is 1. The lowest BCUT2D eigenvalue weighted by molar-refractivity contribution is 0.0934. The third-order valence-corrected chi connectivity index (χ3v) is 4.45. The molecule has 1 aromatic rings. The fourth-order valence-electron chi connectivity index (χ4n) is 2.54. The summed E-state index contributed by atoms with van der Waals surface area (Å²) in [6, 6.07) is 0.272. The Morgan fingerprint density at radius 2 is 2.29 bits per heavy atom. The zero-order chi connectivity index (χ0) is 15.4. The van der Waals surface area contributed by atoms with Gasteiger partial charge in [0.15, 0.2) is 0 Å². The normalized spacial score (nSPS) is 16.2. The summed E-state index contributed by atoms with van der Waals surface area (Å²) in [5, 5.41) is 16.5. The van der Waals surface area contributed by atoms with Crippen LogP contribution >= 0.6 is 11.8 Å². The third kappa shape index (κ3) is 4.01. The van der Waals surface area contributed by atoms with Gasteiger partial charge in [0, 0.05) is 30.4 Å². The van der Waals surface area contributed by atoms with E-state index < -0.39 is 0 Å². The third-order valence-electron chi connectivity index (χ3n) is 3.71. The van der Waals surface area contributed by atoms with Crippen LogP contribution in [0.25, 0.3) is 0 Å². The highest BCUT2D eigenvalue weighted by molar-refractivity contribution is 7.98. The van der Waals surface area contributed by atoms with Crippen LogP contribution in [0.2, 0.25) is 0 Å². The maximum Gasteiger partial charge on any atom is 0.255 e. The number of carbonyl (C=O) groups is 1. The molecular formula is C15H25N3O2S. The van der Waals surface area contributed by atoms with Gasteiger partial charge < -0.3 is 10.4 Å². The first kappa shape index (κ1) is 16.4. The second kappa shape index (κ2) is 7.31. The molecule has 1 atom stereocenters. The first-order chi connectivity index (χ1) is 10.1. The molecule has 1 aliphatic carbocycles. The Labute approximate surface area is 130 Å². The van der Waals surface area contributed by atoms with E-state index in [1.807, 2.05) is 10.9 Å². The van der Waals surface area contributed by atoms with Crippen molar-refractivity contribution in [1.29, 1.82) is 0 Å². The van der Waals surface area contributed by atoms with Crippen LogP contribution in [0.5, 0.6) is 0 Å². The molecule has 0 bridgehead atoms. The van der Waals surface area contributed by atoms with E-state index >= 15 is 0 Å². The van der Waals surface area contributed by atoms with Gasteiger partial charge in [-0.05, 0) is 39.4 Å². The van der Waals surface area contributed by atoms with Crippen molar-refractivity contribution in [3.8, 4) is 0 Å². The van der Waals surface area contributed by atoms with Gasteiger partial charge in [-0.3, -0.25) is 9.48 Å². The Hall–Kier alpha value is -1.01. The summed E-state index contributed by atoms with van der Waals surface area (Å²) in [7, 11) is 0. The number of thioether (sulfide) groups is 1. The largest absolute Gasteiger partial charge is 0.396 e. The summed E-state index contributed by atoms with van der Waals surface area (Å²) in [6.07, 6.45) is 6.57. The molecule has 1 aromatic heterocycles. The van der Waals surface area contributed by atoms with Crippen molar-refractivity contribution in [2.45, 2.75) is 51.1 Å². The molecule has 2 rings (SSSR count). The van der Waals surface area contributed by atoms with Crippen LogP contribution in [0, 0.1) is 0 Å². The van der Waals surface area contributed by atoms with Gasteiger partial charge >= 0.3 is 0 Å². The average molecular weight is 311 g/mol. The quantitative estimate of drug-likeness (QED) is 0.772. The highest BCUT2D eigenvalue weighted by Gasteiger charge is 2.33. The van der Waals surface area contributed by atoms with Crippen LogP contribution in [0.3, 0.4) is 0 Å². The van der Waals surface area contributed by atoms with E-state index in [4.69, 9.17) is 5.11 Å². The van der Waals surface area contributed by atoms with Gasteiger partial charge in [-0.2, -0.15) is 16.9 Å². The maximum absolute atomic E-state index is 12.5. The number of hydrogen-bond acceptors (Lipinski definition) is 4. The van der Waals surface area contributed by atoms with Crippen LogP contribution in [0.4, 0.5) is 0 Å². The molecule has 0 radical (unpaired) electrons. The van der Waals surface area contributed by atoms with Crippen LogP contribution in [-0.2, 0) is 0 Å². The summed E-state index contributed by atoms with van der Waals surface area (Å²) in [5.41, 5.74) is 1.78. The van der Waals surface area contributed by atoms with Gasteiger partial charge in [-0.25, -0.2) is 0 Å². The van der Waals surface area contributed by atoms with Crippen molar-refractivity contribution in [1.82, 2.24) is 15.1 Å². The number of aromatic nitrogens is 2. The molecule has 0 aliphatic heterocycles. The molecule has 2 N–H and O–H groups in total. The standard InChI is InChI=1S/C15H25N3O2S/c1-10(2)18-14(11-4-5-11)13(8-16-18)15(20)17-12(6-7-19)9-21-3/h8,10-12,19H,4-7,9H2,1-3H3,(H,17,20). The number of hydrogen-bond donors (Lipinski definition) is 2. The molecule has 1 amide bonds. The minimum atomic E-state index is -0.0590. The topological polar surface area (TPSA) is 67.2 Å². The van der Waals surface area contributed by atoms with E-state index in [2.05, 4.69) is 24.3 Å². The Bertz CT molecular complexity index is 477. The second-order valence-corrected chi connectivity index (χ2v) is 6.80. The van der Waals surface area contributed by atoms with Crippen molar-refractivity contribution in [2.24, 2.45) is 0 Å². The molecule has 1 aliphatic rings. The maximum atomic E-state index is 12.5. The molecule has 21 heavy (non-hydrogen) atoms. The van der Waals surface area contributed by atoms with E-state index in [9.17, 15) is 4.79 Å². The van der Waals surface area contributed by atoms with Crippen molar-refractivity contribution in [3.05, 3.63) is 17.5 Å². The lowest BCUT2D eigenvalue weighted by Gasteiger charge is -2.17. The van der Waals surface area contributed by atoms with Crippen LogP contribution in [0.1, 0.15) is 61.1 Å². The number of carbonyl (C=O) groups excluding carboxylic acids is 1. The van der Waals surface area contributed by atoms with E-state index in [0.29, 0.717) is 17.9 Å². The molecule has 1 saturated carbocycles. The Morgan fingerprint density at radius 1 is 1.57 bits per heavy atom. The minimum Gasteiger partial charge on any atom is -0.396 e. The van der Waals surface area contributed by atoms with Crippen molar-refractivity contribution in [2.75, 3.05) is 18.6 Å². The van der Waals surface area contributed by atoms with Gasteiger partial charge in [0.25, 0.3) is 5.91 Å². The first-order valence-corrected chi connectivity index (χ1v) is 8.95. The smallest absolute Gasteiger partial charge is 0.255 e. The van der Waals surface area contributed by atoms with Gasteiger partial charge in [-0.1, -0.05) is 0 Å². The van der Waals surface area contributed by atoms with Gasteiger partial charge in [0.2, 0.25) is 0 Å². The van der Waals surface area contributed by atoms with E-state index in [1.165, 1.54) is 0 Å². The summed E-state index contributed by atoms with van der Waals surface area (Å²) < 4.78 is 1.97. The van der Waals surface area contributed by atoms with E-state index in [1.54, 1.807) is 18.0 Å². The molecule has 0 spiro atoms. The minimum absolute atomic E-state index is 0.00644. The number of nitrogens with zero attached hydrogens (tertiary/aromatic N) is 2. The molecule has 1 fully saturated rings. The Balaban J connectivity index is 2.15. The predicted molar refractivity (Wildman–Crippen MR) is 85.9 cm³/mol. The molecule has 1 heterocycles. The van der Waals surface area contributed by atoms with Crippen molar-refractivity contribution < 1.29 is 9.90 Å². The van der Waals surface area contributed by atoms with Crippen LogP contribution in [-0.4, -0.2) is 45.5 Å². The van der Waals surface area contributed by atoms with Crippen molar-refractivity contribution in [3.63, 3.8) is 0 Å². The number of rotatable bonds is 8. The zero-order valence-electron chi connectivity index (χ0n) is 13.0. The predicted octanol–water partition coefficient (Wildman–Crippen LogP) is 2.19. The SMILES string of the molecule is CSCC(CCO)NC(=O)c1cnn(C(C)C)c1C1CC1. The number of aliphatic hydroxyl groups is 1. The van der Waals surface area contributed by atoms with E-state index in [0.717, 1.165) is 24.3 Å². The lowest BCUT2D eigenvalue weighted by atomic mass is 10.1. The summed E-state index contributed by atoms with van der Waals surface area (Å²) in [6.45, 7) is 4.26. The molecule has 0 saturated heterocycles. The number of amides is 1. The van der Waals surface area contributed by atoms with Crippen molar-refractivity contribution >= 4 is 17.7 Å². The van der Waals surface area contributed by atoms with Gasteiger partial charge in [0.05, 0.1) is 17.5 Å². The average Bonchev–Trinajstić information content (AvgIpc) is 3.17. The molecule has 1 unspecified atom stereocenters. The summed E-state index contributed by atoms with van der Waals surface area (Å²) in [4.78, 5) is 12.5. The van der Waals surface area contributed by atoms with Crippen LogP contribution in [0.15, 0.2) is 6.20 Å². The van der Waals surface area contributed by atoms with E-state index in [-0.39, 0.29) is 24.6 Å². The number of aliphatic hydroxyl groups excluding tert-OH is 1. The van der Waals surface area contributed by atoms with Gasteiger partial charge in [0.1, 0.15) is 0 Å². The monoisotopic (exact) mass is 311 g/mol. The second-order valence-electron chi connectivity index (χ2n) is 5.89. The lowest BCUT2D eigenvalue weighted by Crippen LogP contribution is -2.37. The molecule has 5 nitrogen and oxygen atoms in total. The summed E-state index contributed by atoms with van der Waals surface area (Å²) in [5.74, 6) is 1.23. The fraction of sp³-hybridized carbons (Fsp3) is 0.733. The molecular weight excluding hydrogens is 286 g/mol. The highest BCUT2D eigenvalue weighted by atomic mass is 32.2. The summed E-state index contributed by atoms with van der Waals surface area (Å²) >= 11 is 1.67. The molecule has 0 aromatic carbocycles.